The predicted molar refractivity (Wildman–Crippen MR) is 63.9 cm³/mol. The third-order valence-corrected chi connectivity index (χ3v) is 2.44. The highest BCUT2D eigenvalue weighted by Gasteiger charge is 2.00. The number of nitrogens with zero attached hydrogens (tertiary/aromatic N) is 3. The van der Waals surface area contributed by atoms with Crippen molar-refractivity contribution in [1.82, 2.24) is 14.8 Å². The van der Waals surface area contributed by atoms with E-state index in [0.717, 1.165) is 31.5 Å². The summed E-state index contributed by atoms with van der Waals surface area (Å²) in [6.07, 6.45) is 8.59. The molecule has 16 heavy (non-hydrogen) atoms. The molecule has 0 bridgehead atoms. The zero-order valence-corrected chi connectivity index (χ0v) is 9.34. The van der Waals surface area contributed by atoms with Crippen molar-refractivity contribution < 1.29 is 0 Å². The first kappa shape index (κ1) is 10.9. The van der Waals surface area contributed by atoms with Crippen LogP contribution < -0.4 is 0 Å². The minimum atomic E-state index is 0.852. The molecule has 83 valence electrons. The zero-order valence-electron chi connectivity index (χ0n) is 9.34. The maximum Gasteiger partial charge on any atom is 0.0668 e. The molecule has 0 saturated carbocycles. The molecule has 2 heterocycles. The first-order valence-electron chi connectivity index (χ1n) is 5.59. The van der Waals surface area contributed by atoms with Crippen molar-refractivity contribution in [1.29, 1.82) is 0 Å². The Morgan fingerprint density at radius 2 is 2.25 bits per heavy atom. The Morgan fingerprint density at radius 1 is 1.31 bits per heavy atom. The molecule has 3 nitrogen and oxygen atoms in total. The van der Waals surface area contributed by atoms with Crippen molar-refractivity contribution in [3.63, 3.8) is 0 Å². The number of aromatic nitrogens is 3. The highest BCUT2D eigenvalue weighted by Crippen LogP contribution is 2.06. The normalized spacial score (nSPS) is 10.6. The Hall–Kier alpha value is -1.64. The standard InChI is InChI=1S/C13H16N3/c1-2-3-8-16-9-6-13(15-16)10-12-5-4-7-14-11-12/h4-7,9,11H,1-3,8,10H2. The lowest BCUT2D eigenvalue weighted by Crippen LogP contribution is -1.99. The Morgan fingerprint density at radius 3 is 3.00 bits per heavy atom. The van der Waals surface area contributed by atoms with E-state index in [0.29, 0.717) is 0 Å². The molecule has 2 aromatic rings. The number of aryl methyl sites for hydroxylation is 1. The van der Waals surface area contributed by atoms with Gasteiger partial charge in [0, 0.05) is 31.6 Å². The van der Waals surface area contributed by atoms with E-state index in [1.54, 1.807) is 6.20 Å². The Labute approximate surface area is 96.1 Å². The molecule has 0 aliphatic carbocycles. The van der Waals surface area contributed by atoms with E-state index in [9.17, 15) is 0 Å². The van der Waals surface area contributed by atoms with Gasteiger partial charge in [0.15, 0.2) is 0 Å². The maximum absolute atomic E-state index is 4.50. The van der Waals surface area contributed by atoms with Crippen molar-refractivity contribution in [3.8, 4) is 0 Å². The van der Waals surface area contributed by atoms with Crippen LogP contribution in [0.15, 0.2) is 36.8 Å². The molecule has 0 spiro atoms. The molecule has 1 radical (unpaired) electrons. The minimum Gasteiger partial charge on any atom is -0.272 e. The fourth-order valence-electron chi connectivity index (χ4n) is 1.61. The molecule has 0 amide bonds. The molecule has 0 aliphatic rings. The predicted octanol–water partition coefficient (Wildman–Crippen LogP) is 2.48. The zero-order chi connectivity index (χ0) is 11.2. The smallest absolute Gasteiger partial charge is 0.0668 e. The van der Waals surface area contributed by atoms with Crippen LogP contribution in [0, 0.1) is 6.92 Å². The summed E-state index contributed by atoms with van der Waals surface area (Å²) in [6, 6.07) is 6.09. The van der Waals surface area contributed by atoms with Gasteiger partial charge in [-0.25, -0.2) is 0 Å². The SMILES string of the molecule is [CH2]CCCn1ccc(Cc2cccnc2)n1. The molecular formula is C13H16N3. The van der Waals surface area contributed by atoms with Crippen LogP contribution in [0.3, 0.4) is 0 Å². The fourth-order valence-corrected chi connectivity index (χ4v) is 1.61. The van der Waals surface area contributed by atoms with Crippen molar-refractivity contribution in [3.05, 3.63) is 55.0 Å². The molecule has 0 N–H and O–H groups in total. The van der Waals surface area contributed by atoms with Crippen LogP contribution in [0.2, 0.25) is 0 Å². The van der Waals surface area contributed by atoms with Gasteiger partial charge in [-0.1, -0.05) is 19.4 Å². The minimum absolute atomic E-state index is 0.852. The molecule has 0 aliphatic heterocycles. The van der Waals surface area contributed by atoms with Gasteiger partial charge in [-0.2, -0.15) is 5.10 Å². The average Bonchev–Trinajstić information content (AvgIpc) is 2.75. The summed E-state index contributed by atoms with van der Waals surface area (Å²) in [4.78, 5) is 4.09. The van der Waals surface area contributed by atoms with Crippen molar-refractivity contribution in [2.75, 3.05) is 0 Å². The van der Waals surface area contributed by atoms with Crippen molar-refractivity contribution in [2.45, 2.75) is 25.8 Å². The quantitative estimate of drug-likeness (QED) is 0.765. The van der Waals surface area contributed by atoms with Crippen molar-refractivity contribution in [2.24, 2.45) is 0 Å². The number of rotatable bonds is 5. The van der Waals surface area contributed by atoms with Crippen LogP contribution in [0.4, 0.5) is 0 Å². The Kier molecular flexibility index (Phi) is 3.70. The van der Waals surface area contributed by atoms with Gasteiger partial charge >= 0.3 is 0 Å². The number of hydrogen-bond acceptors (Lipinski definition) is 2. The summed E-state index contributed by atoms with van der Waals surface area (Å²) >= 11 is 0. The number of pyridine rings is 1. The van der Waals surface area contributed by atoms with Gasteiger partial charge in [0.1, 0.15) is 0 Å². The van der Waals surface area contributed by atoms with E-state index in [1.165, 1.54) is 5.56 Å². The lowest BCUT2D eigenvalue weighted by molar-refractivity contribution is 0.577. The van der Waals surface area contributed by atoms with Gasteiger partial charge in [-0.05, 0) is 24.1 Å². The molecule has 2 aromatic heterocycles. The highest BCUT2D eigenvalue weighted by molar-refractivity contribution is 5.16. The molecule has 0 saturated heterocycles. The lowest BCUT2D eigenvalue weighted by Gasteiger charge is -1.99. The molecule has 2 rings (SSSR count). The van der Waals surface area contributed by atoms with E-state index >= 15 is 0 Å². The maximum atomic E-state index is 4.50. The monoisotopic (exact) mass is 214 g/mol. The van der Waals surface area contributed by atoms with Crippen molar-refractivity contribution >= 4 is 0 Å². The van der Waals surface area contributed by atoms with E-state index in [-0.39, 0.29) is 0 Å². The third-order valence-electron chi connectivity index (χ3n) is 2.44. The second-order valence-electron chi connectivity index (χ2n) is 3.82. The van der Waals surface area contributed by atoms with Crippen LogP contribution in [-0.4, -0.2) is 14.8 Å². The number of unbranched alkanes of at least 4 members (excludes halogenated alkanes) is 1. The van der Waals surface area contributed by atoms with Gasteiger partial charge in [0.05, 0.1) is 5.69 Å². The molecule has 0 fully saturated rings. The van der Waals surface area contributed by atoms with E-state index in [1.807, 2.05) is 23.1 Å². The molecule has 3 heteroatoms. The summed E-state index contributed by atoms with van der Waals surface area (Å²) < 4.78 is 1.98. The summed E-state index contributed by atoms with van der Waals surface area (Å²) in [5.74, 6) is 0. The lowest BCUT2D eigenvalue weighted by atomic mass is 10.2. The Bertz CT molecular complexity index is 420. The molecule has 0 atom stereocenters. The molecule has 0 unspecified atom stereocenters. The second-order valence-corrected chi connectivity index (χ2v) is 3.82. The summed E-state index contributed by atoms with van der Waals surface area (Å²) in [5.41, 5.74) is 2.29. The summed E-state index contributed by atoms with van der Waals surface area (Å²) in [7, 11) is 0. The second kappa shape index (κ2) is 5.45. The van der Waals surface area contributed by atoms with Crippen LogP contribution >= 0.6 is 0 Å². The average molecular weight is 214 g/mol. The Balaban J connectivity index is 1.97. The van der Waals surface area contributed by atoms with Crippen LogP contribution in [-0.2, 0) is 13.0 Å². The molecule has 0 aromatic carbocycles. The van der Waals surface area contributed by atoms with Gasteiger partial charge in [-0.15, -0.1) is 0 Å². The fraction of sp³-hybridized carbons (Fsp3) is 0.308. The van der Waals surface area contributed by atoms with E-state index in [2.05, 4.69) is 29.1 Å². The van der Waals surface area contributed by atoms with Gasteiger partial charge < -0.3 is 0 Å². The van der Waals surface area contributed by atoms with E-state index in [4.69, 9.17) is 0 Å². The third kappa shape index (κ3) is 2.92. The van der Waals surface area contributed by atoms with E-state index < -0.39 is 0 Å². The van der Waals surface area contributed by atoms with Gasteiger partial charge in [0.25, 0.3) is 0 Å². The topological polar surface area (TPSA) is 30.7 Å². The number of hydrogen-bond donors (Lipinski definition) is 0. The summed E-state index contributed by atoms with van der Waals surface area (Å²) in [5, 5.41) is 4.50. The molecular weight excluding hydrogens is 198 g/mol. The first-order chi connectivity index (χ1) is 7.88. The largest absolute Gasteiger partial charge is 0.272 e. The van der Waals surface area contributed by atoms with Crippen LogP contribution in [0.1, 0.15) is 24.1 Å². The van der Waals surface area contributed by atoms with Gasteiger partial charge in [0.2, 0.25) is 0 Å². The highest BCUT2D eigenvalue weighted by atomic mass is 15.3. The first-order valence-corrected chi connectivity index (χ1v) is 5.59. The van der Waals surface area contributed by atoms with Gasteiger partial charge in [-0.3, -0.25) is 9.67 Å². The summed E-state index contributed by atoms with van der Waals surface area (Å²) in [6.45, 7) is 4.78. The van der Waals surface area contributed by atoms with Crippen LogP contribution in [0.25, 0.3) is 0 Å². The van der Waals surface area contributed by atoms with Crippen LogP contribution in [0.5, 0.6) is 0 Å².